The fourth-order valence-corrected chi connectivity index (χ4v) is 5.75. The van der Waals surface area contributed by atoms with E-state index in [0.717, 1.165) is 6.42 Å². The molecule has 1 amide bonds. The largest absolute Gasteiger partial charge is 0.365 e. The summed E-state index contributed by atoms with van der Waals surface area (Å²) in [6.07, 6.45) is 0.964. The number of carbonyl (C=O) groups is 1. The van der Waals surface area contributed by atoms with Crippen LogP contribution in [-0.4, -0.2) is 24.7 Å². The minimum absolute atomic E-state index is 0.189. The Morgan fingerprint density at radius 2 is 1.67 bits per heavy atom. The molecule has 0 aliphatic carbocycles. The summed E-state index contributed by atoms with van der Waals surface area (Å²) in [6.45, 7) is 15.7. The number of carbonyl (C=O) groups excluding carboxylic acids is 1. The topological polar surface area (TPSA) is 20.3 Å². The molecule has 1 saturated heterocycles. The molecule has 1 heterocycles. The van der Waals surface area contributed by atoms with Crippen molar-refractivity contribution >= 4 is 14.1 Å². The van der Waals surface area contributed by atoms with Crippen LogP contribution >= 0.6 is 0 Å². The standard InChI is InChI=1S/C18H29NOSi/c1-17(2,3)21(6,7)19-15(18(4,5)16(19)20)13-14-11-9-8-10-12-14/h8-12,15H,13H2,1-7H3/t15-/m0/s1. The molecule has 3 heteroatoms. The maximum atomic E-state index is 12.7. The SMILES string of the molecule is CC1(C)C(=O)N([Si](C)(C)C(C)(C)C)[C@H]1Cc1ccccc1. The van der Waals surface area contributed by atoms with Crippen LogP contribution in [0.5, 0.6) is 0 Å². The van der Waals surface area contributed by atoms with Crippen molar-refractivity contribution in [3.63, 3.8) is 0 Å². The normalized spacial score (nSPS) is 22.1. The average molecular weight is 304 g/mol. The fourth-order valence-electron chi connectivity index (χ4n) is 3.04. The molecule has 1 aromatic rings. The average Bonchev–Trinajstić information content (AvgIpc) is 2.38. The molecule has 0 N–H and O–H groups in total. The molecule has 0 saturated carbocycles. The second-order valence-corrected chi connectivity index (χ2v) is 13.5. The van der Waals surface area contributed by atoms with Crippen LogP contribution in [0.2, 0.25) is 18.1 Å². The third-order valence-corrected chi connectivity index (χ3v) is 11.0. The second-order valence-electron chi connectivity index (χ2n) is 8.41. The predicted octanol–water partition coefficient (Wildman–Crippen LogP) is 4.47. The Bertz CT molecular complexity index is 528. The van der Waals surface area contributed by atoms with Crippen molar-refractivity contribution < 1.29 is 4.79 Å². The van der Waals surface area contributed by atoms with Crippen LogP contribution in [0, 0.1) is 5.41 Å². The molecule has 21 heavy (non-hydrogen) atoms. The summed E-state index contributed by atoms with van der Waals surface area (Å²) >= 11 is 0. The van der Waals surface area contributed by atoms with Crippen molar-refractivity contribution in [2.75, 3.05) is 0 Å². The van der Waals surface area contributed by atoms with Crippen LogP contribution in [0.4, 0.5) is 0 Å². The number of rotatable bonds is 3. The summed E-state index contributed by atoms with van der Waals surface area (Å²) in [5, 5.41) is 0.189. The smallest absolute Gasteiger partial charge is 0.222 e. The number of hydrogen-bond acceptors (Lipinski definition) is 1. The zero-order valence-corrected chi connectivity index (χ0v) is 15.5. The van der Waals surface area contributed by atoms with Gasteiger partial charge in [-0.2, -0.15) is 0 Å². The Morgan fingerprint density at radius 1 is 1.14 bits per heavy atom. The molecule has 1 fully saturated rings. The van der Waals surface area contributed by atoms with Crippen molar-refractivity contribution in [1.29, 1.82) is 0 Å². The van der Waals surface area contributed by atoms with Gasteiger partial charge in [-0.1, -0.05) is 64.2 Å². The van der Waals surface area contributed by atoms with E-state index in [1.54, 1.807) is 0 Å². The molecule has 0 aromatic heterocycles. The van der Waals surface area contributed by atoms with E-state index >= 15 is 0 Å². The maximum absolute atomic E-state index is 12.7. The van der Waals surface area contributed by atoms with Crippen molar-refractivity contribution in [1.82, 2.24) is 4.57 Å². The highest BCUT2D eigenvalue weighted by Gasteiger charge is 2.61. The Balaban J connectivity index is 2.31. The van der Waals surface area contributed by atoms with E-state index in [4.69, 9.17) is 0 Å². The zero-order valence-electron chi connectivity index (χ0n) is 14.5. The van der Waals surface area contributed by atoms with Gasteiger partial charge in [-0.15, -0.1) is 0 Å². The molecule has 2 rings (SSSR count). The van der Waals surface area contributed by atoms with E-state index in [0.29, 0.717) is 11.9 Å². The van der Waals surface area contributed by atoms with Crippen LogP contribution in [0.1, 0.15) is 40.2 Å². The molecule has 0 unspecified atom stereocenters. The van der Waals surface area contributed by atoms with E-state index in [1.165, 1.54) is 5.56 Å². The first kappa shape index (κ1) is 16.3. The minimum atomic E-state index is -1.81. The molecule has 116 valence electrons. The summed E-state index contributed by atoms with van der Waals surface area (Å²) in [7, 11) is -1.81. The molecular weight excluding hydrogens is 274 g/mol. The molecule has 0 spiro atoms. The molecule has 2 nitrogen and oxygen atoms in total. The lowest BCUT2D eigenvalue weighted by atomic mass is 9.73. The van der Waals surface area contributed by atoms with Gasteiger partial charge in [0.2, 0.25) is 5.91 Å². The van der Waals surface area contributed by atoms with Gasteiger partial charge in [0.05, 0.1) is 5.41 Å². The summed E-state index contributed by atoms with van der Waals surface area (Å²) in [6, 6.07) is 10.9. The monoisotopic (exact) mass is 303 g/mol. The summed E-state index contributed by atoms with van der Waals surface area (Å²) in [5.74, 6) is 0.343. The Labute approximate surface area is 130 Å². The first-order chi connectivity index (χ1) is 9.49. The van der Waals surface area contributed by atoms with Gasteiger partial charge in [0, 0.05) is 6.04 Å². The summed E-state index contributed by atoms with van der Waals surface area (Å²) in [4.78, 5) is 12.7. The highest BCUT2D eigenvalue weighted by molar-refractivity contribution is 6.80. The van der Waals surface area contributed by atoms with Crippen LogP contribution < -0.4 is 0 Å². The molecule has 1 aromatic carbocycles. The van der Waals surface area contributed by atoms with Gasteiger partial charge >= 0.3 is 0 Å². The first-order valence-electron chi connectivity index (χ1n) is 7.87. The van der Waals surface area contributed by atoms with Crippen LogP contribution in [0.15, 0.2) is 30.3 Å². The van der Waals surface area contributed by atoms with Gasteiger partial charge in [0.25, 0.3) is 0 Å². The van der Waals surface area contributed by atoms with Crippen molar-refractivity contribution in [2.45, 2.75) is 65.2 Å². The van der Waals surface area contributed by atoms with Crippen molar-refractivity contribution in [2.24, 2.45) is 5.41 Å². The zero-order chi connectivity index (χ0) is 16.1. The number of benzene rings is 1. The van der Waals surface area contributed by atoms with Gasteiger partial charge in [0.1, 0.15) is 0 Å². The minimum Gasteiger partial charge on any atom is -0.365 e. The lowest BCUT2D eigenvalue weighted by Crippen LogP contribution is -2.76. The lowest BCUT2D eigenvalue weighted by molar-refractivity contribution is -0.158. The van der Waals surface area contributed by atoms with E-state index in [9.17, 15) is 4.79 Å². The Kier molecular flexibility index (Phi) is 3.86. The maximum Gasteiger partial charge on any atom is 0.222 e. The van der Waals surface area contributed by atoms with Gasteiger partial charge in [0.15, 0.2) is 8.24 Å². The summed E-state index contributed by atoms with van der Waals surface area (Å²) < 4.78 is 2.26. The Morgan fingerprint density at radius 3 is 2.14 bits per heavy atom. The van der Waals surface area contributed by atoms with Gasteiger partial charge < -0.3 is 4.57 Å². The molecule has 0 bridgehead atoms. The van der Waals surface area contributed by atoms with E-state index in [-0.39, 0.29) is 10.5 Å². The fraction of sp³-hybridized carbons (Fsp3) is 0.611. The Hall–Kier alpha value is -1.09. The highest BCUT2D eigenvalue weighted by atomic mass is 28.3. The van der Waals surface area contributed by atoms with E-state index in [1.807, 2.05) is 6.07 Å². The van der Waals surface area contributed by atoms with Gasteiger partial charge in [-0.3, -0.25) is 4.79 Å². The predicted molar refractivity (Wildman–Crippen MR) is 91.8 cm³/mol. The molecule has 1 aliphatic rings. The molecule has 1 atom stereocenters. The number of nitrogens with zero attached hydrogens (tertiary/aromatic N) is 1. The second kappa shape index (κ2) is 4.98. The van der Waals surface area contributed by atoms with Gasteiger partial charge in [-0.25, -0.2) is 0 Å². The van der Waals surface area contributed by atoms with Crippen LogP contribution in [0.25, 0.3) is 0 Å². The number of β-lactam (4-membered cyclic amide) rings is 1. The van der Waals surface area contributed by atoms with Crippen molar-refractivity contribution in [3.05, 3.63) is 35.9 Å². The quantitative estimate of drug-likeness (QED) is 0.596. The number of amides is 1. The third-order valence-electron chi connectivity index (χ3n) is 5.62. The molecular formula is C18H29NOSi. The first-order valence-corrected chi connectivity index (χ1v) is 10.8. The summed E-state index contributed by atoms with van der Waals surface area (Å²) in [5.41, 5.74) is 1.09. The number of hydrogen-bond donors (Lipinski definition) is 0. The third kappa shape index (κ3) is 2.56. The van der Waals surface area contributed by atoms with Crippen molar-refractivity contribution in [3.8, 4) is 0 Å². The highest BCUT2D eigenvalue weighted by Crippen LogP contribution is 2.49. The van der Waals surface area contributed by atoms with Crippen LogP contribution in [0.3, 0.4) is 0 Å². The van der Waals surface area contributed by atoms with Crippen LogP contribution in [-0.2, 0) is 11.2 Å². The lowest BCUT2D eigenvalue weighted by Gasteiger charge is -2.62. The van der Waals surface area contributed by atoms with E-state index in [2.05, 4.69) is 76.5 Å². The van der Waals surface area contributed by atoms with E-state index < -0.39 is 8.24 Å². The molecule has 1 aliphatic heterocycles. The van der Waals surface area contributed by atoms with Gasteiger partial charge in [-0.05, 0) is 30.9 Å². The molecule has 0 radical (unpaired) electrons.